The zero-order valence-corrected chi connectivity index (χ0v) is 30.8. The molecule has 0 heterocycles. The number of rotatable bonds is 13. The van der Waals surface area contributed by atoms with E-state index >= 15 is 0 Å². The van der Waals surface area contributed by atoms with E-state index in [1.807, 2.05) is 57.2 Å². The largest absolute Gasteiger partial charge is 0.508 e. The molecule has 3 atom stereocenters. The van der Waals surface area contributed by atoms with E-state index < -0.39 is 58.7 Å². The van der Waals surface area contributed by atoms with Crippen LogP contribution in [-0.2, 0) is 36.7 Å². The predicted octanol–water partition coefficient (Wildman–Crippen LogP) is 6.66. The molecule has 0 saturated carbocycles. The Balaban J connectivity index is 2.14. The van der Waals surface area contributed by atoms with Crippen molar-refractivity contribution in [1.29, 1.82) is 0 Å². The van der Waals surface area contributed by atoms with Gasteiger partial charge in [0, 0.05) is 18.4 Å². The SMILES string of the molecule is CCC(C)(C)N(C(=O)C(Cc1ccc(O)cc1)NC(=O)OC(C)(C)C)C(C(=O)NC(Cc1ccccc1)C(=O)OC(C)(C)C)c1ccccc1. The summed E-state index contributed by atoms with van der Waals surface area (Å²) in [6.45, 7) is 16.1. The van der Waals surface area contributed by atoms with Crippen LogP contribution in [0.3, 0.4) is 0 Å². The number of ether oxygens (including phenoxy) is 2. The number of phenols is 1. The minimum atomic E-state index is -1.21. The molecular formula is C40H53N3O7. The average molecular weight is 688 g/mol. The first-order valence-corrected chi connectivity index (χ1v) is 17.0. The molecule has 3 unspecified atom stereocenters. The number of esters is 1. The number of hydrogen-bond donors (Lipinski definition) is 3. The Bertz CT molecular complexity index is 1580. The highest BCUT2D eigenvalue weighted by molar-refractivity contribution is 5.94. The van der Waals surface area contributed by atoms with Gasteiger partial charge in [-0.3, -0.25) is 9.59 Å². The van der Waals surface area contributed by atoms with Crippen molar-refractivity contribution in [2.75, 3.05) is 0 Å². The molecule has 0 saturated heterocycles. The maximum atomic E-state index is 15.0. The first-order valence-electron chi connectivity index (χ1n) is 17.0. The Kier molecular flexibility index (Phi) is 13.2. The van der Waals surface area contributed by atoms with Crippen LogP contribution in [0.5, 0.6) is 5.75 Å². The molecule has 3 N–H and O–H groups in total. The number of benzene rings is 3. The van der Waals surface area contributed by atoms with Crippen LogP contribution in [0.4, 0.5) is 4.79 Å². The number of amides is 3. The highest BCUT2D eigenvalue weighted by Gasteiger charge is 2.44. The highest BCUT2D eigenvalue weighted by Crippen LogP contribution is 2.33. The van der Waals surface area contributed by atoms with Gasteiger partial charge in [-0.05, 0) is 90.6 Å². The number of nitrogens with one attached hydrogen (secondary N) is 2. The maximum absolute atomic E-state index is 15.0. The summed E-state index contributed by atoms with van der Waals surface area (Å²) < 4.78 is 11.3. The molecule has 10 heteroatoms. The molecule has 0 spiro atoms. The van der Waals surface area contributed by atoms with E-state index in [1.54, 1.807) is 77.9 Å². The third-order valence-corrected chi connectivity index (χ3v) is 8.03. The van der Waals surface area contributed by atoms with Crippen molar-refractivity contribution in [3.8, 4) is 5.75 Å². The number of aromatic hydroxyl groups is 1. The number of carbonyl (C=O) groups is 4. The number of alkyl carbamates (subject to hydrolysis) is 1. The fraction of sp³-hybridized carbons (Fsp3) is 0.450. The van der Waals surface area contributed by atoms with E-state index in [0.717, 1.165) is 5.56 Å². The lowest BCUT2D eigenvalue weighted by atomic mass is 9.91. The minimum absolute atomic E-state index is 0.0479. The normalized spacial score (nSPS) is 13.7. The van der Waals surface area contributed by atoms with Crippen molar-refractivity contribution in [3.05, 3.63) is 102 Å². The highest BCUT2D eigenvalue weighted by atomic mass is 16.6. The van der Waals surface area contributed by atoms with Gasteiger partial charge < -0.3 is 30.1 Å². The second-order valence-electron chi connectivity index (χ2n) is 15.0. The second-order valence-corrected chi connectivity index (χ2v) is 15.0. The molecule has 3 aromatic carbocycles. The first kappa shape index (κ1) is 39.6. The summed E-state index contributed by atoms with van der Waals surface area (Å²) in [7, 11) is 0. The summed E-state index contributed by atoms with van der Waals surface area (Å²) in [6, 6.07) is 21.1. The van der Waals surface area contributed by atoms with E-state index in [9.17, 15) is 24.3 Å². The van der Waals surface area contributed by atoms with Gasteiger partial charge >= 0.3 is 12.1 Å². The third kappa shape index (κ3) is 11.9. The van der Waals surface area contributed by atoms with Gasteiger partial charge in [0.15, 0.2) is 0 Å². The monoisotopic (exact) mass is 687 g/mol. The molecule has 0 aliphatic carbocycles. The van der Waals surface area contributed by atoms with Gasteiger partial charge in [0.05, 0.1) is 0 Å². The van der Waals surface area contributed by atoms with E-state index in [0.29, 0.717) is 17.5 Å². The van der Waals surface area contributed by atoms with Crippen LogP contribution in [0.1, 0.15) is 91.5 Å². The summed E-state index contributed by atoms with van der Waals surface area (Å²) >= 11 is 0. The van der Waals surface area contributed by atoms with Gasteiger partial charge in [-0.2, -0.15) is 0 Å². The van der Waals surface area contributed by atoms with Crippen LogP contribution in [0.25, 0.3) is 0 Å². The van der Waals surface area contributed by atoms with Crippen LogP contribution < -0.4 is 10.6 Å². The molecule has 0 aliphatic heterocycles. The first-order chi connectivity index (χ1) is 23.3. The summed E-state index contributed by atoms with van der Waals surface area (Å²) in [5.41, 5.74) is -0.559. The average Bonchev–Trinajstić information content (AvgIpc) is 3.02. The summed E-state index contributed by atoms with van der Waals surface area (Å²) in [4.78, 5) is 57.9. The quantitative estimate of drug-likeness (QED) is 0.171. The zero-order valence-electron chi connectivity index (χ0n) is 30.8. The Hall–Kier alpha value is -4.86. The van der Waals surface area contributed by atoms with Gasteiger partial charge in [0.2, 0.25) is 11.8 Å². The molecule has 10 nitrogen and oxygen atoms in total. The summed E-state index contributed by atoms with van der Waals surface area (Å²) in [5.74, 6) is -1.66. The number of phenolic OH excluding ortho intramolecular Hbond substituents is 1. The van der Waals surface area contributed by atoms with Gasteiger partial charge in [0.1, 0.15) is 35.1 Å². The van der Waals surface area contributed by atoms with Crippen LogP contribution in [0, 0.1) is 0 Å². The van der Waals surface area contributed by atoms with E-state index in [4.69, 9.17) is 9.47 Å². The minimum Gasteiger partial charge on any atom is -0.508 e. The van der Waals surface area contributed by atoms with Crippen LogP contribution in [0.15, 0.2) is 84.9 Å². The Labute approximate surface area is 296 Å². The fourth-order valence-corrected chi connectivity index (χ4v) is 5.35. The molecule has 0 aliphatic rings. The molecule has 0 fully saturated rings. The number of carbonyl (C=O) groups excluding carboxylic acids is 4. The lowest BCUT2D eigenvalue weighted by molar-refractivity contribution is -0.159. The lowest BCUT2D eigenvalue weighted by Crippen LogP contribution is -2.60. The van der Waals surface area contributed by atoms with Crippen LogP contribution in [-0.4, -0.2) is 62.7 Å². The van der Waals surface area contributed by atoms with Gasteiger partial charge in [-0.1, -0.05) is 79.7 Å². The molecule has 50 heavy (non-hydrogen) atoms. The summed E-state index contributed by atoms with van der Waals surface area (Å²) in [5, 5.41) is 15.6. The van der Waals surface area contributed by atoms with E-state index in [2.05, 4.69) is 10.6 Å². The van der Waals surface area contributed by atoms with E-state index in [1.165, 1.54) is 17.0 Å². The number of nitrogens with zero attached hydrogens (tertiary/aromatic N) is 1. The van der Waals surface area contributed by atoms with E-state index in [-0.39, 0.29) is 18.6 Å². The molecule has 0 radical (unpaired) electrons. The smallest absolute Gasteiger partial charge is 0.408 e. The summed E-state index contributed by atoms with van der Waals surface area (Å²) in [6.07, 6.45) is -0.130. The van der Waals surface area contributed by atoms with Crippen molar-refractivity contribution in [2.24, 2.45) is 0 Å². The molecule has 0 aromatic heterocycles. The van der Waals surface area contributed by atoms with Crippen molar-refractivity contribution in [2.45, 2.75) is 116 Å². The zero-order chi connectivity index (χ0) is 37.3. The second kappa shape index (κ2) is 16.7. The van der Waals surface area contributed by atoms with Crippen LogP contribution >= 0.6 is 0 Å². The molecule has 3 amide bonds. The van der Waals surface area contributed by atoms with Gasteiger partial charge in [-0.15, -0.1) is 0 Å². The molecule has 3 rings (SSSR count). The molecule has 0 bridgehead atoms. The number of hydrogen-bond acceptors (Lipinski definition) is 7. The van der Waals surface area contributed by atoms with Crippen molar-refractivity contribution >= 4 is 23.9 Å². The molecule has 3 aromatic rings. The Morgan fingerprint density at radius 3 is 1.70 bits per heavy atom. The Morgan fingerprint density at radius 1 is 0.680 bits per heavy atom. The topological polar surface area (TPSA) is 134 Å². The standard InChI is InChI=1S/C40H53N3O7/c1-10-40(8,9)43(35(46)31(42-37(48)50-39(5,6)7)25-28-21-23-30(44)24-22-28)33(29-19-15-12-16-20-29)34(45)41-32(36(47)49-38(2,3)4)26-27-17-13-11-14-18-27/h11-24,31-33,44H,10,25-26H2,1-9H3,(H,41,45)(H,42,48). The molecule has 270 valence electrons. The Morgan fingerprint density at radius 2 is 1.18 bits per heavy atom. The maximum Gasteiger partial charge on any atom is 0.408 e. The third-order valence-electron chi connectivity index (χ3n) is 8.03. The predicted molar refractivity (Wildman–Crippen MR) is 193 cm³/mol. The lowest BCUT2D eigenvalue weighted by Gasteiger charge is -2.45. The van der Waals surface area contributed by atoms with Crippen molar-refractivity contribution in [1.82, 2.24) is 15.5 Å². The van der Waals surface area contributed by atoms with Crippen molar-refractivity contribution in [3.63, 3.8) is 0 Å². The van der Waals surface area contributed by atoms with Crippen molar-refractivity contribution < 1.29 is 33.8 Å². The van der Waals surface area contributed by atoms with Gasteiger partial charge in [-0.25, -0.2) is 9.59 Å². The van der Waals surface area contributed by atoms with Crippen LogP contribution in [0.2, 0.25) is 0 Å². The fourth-order valence-electron chi connectivity index (χ4n) is 5.35. The van der Waals surface area contributed by atoms with Gasteiger partial charge in [0.25, 0.3) is 0 Å². The molecular weight excluding hydrogens is 634 g/mol.